The number of carbonyl (C=O) groups is 3. The Morgan fingerprint density at radius 1 is 0.435 bits per heavy atom. The molecule has 0 spiro atoms. The van der Waals surface area contributed by atoms with E-state index >= 15 is 0 Å². The largest absolute Gasteiger partial charge is 0.497 e. The fourth-order valence-electron chi connectivity index (χ4n) is 9.46. The van der Waals surface area contributed by atoms with Crippen LogP contribution in [0.25, 0.3) is 0 Å². The van der Waals surface area contributed by atoms with E-state index in [1.165, 1.54) is 31.3 Å². The molecular weight excluding hydrogens is 1650 g/mol. The summed E-state index contributed by atoms with van der Waals surface area (Å²) in [7, 11) is 0.150. The van der Waals surface area contributed by atoms with E-state index in [4.69, 9.17) is 61.6 Å². The Morgan fingerprint density at radius 2 is 0.763 bits per heavy atom. The number of ether oxygens (including phenoxy) is 8. The summed E-state index contributed by atoms with van der Waals surface area (Å²) in [6.45, 7) is 11.0. The molecule has 16 nitrogen and oxygen atoms in total. The van der Waals surface area contributed by atoms with Crippen molar-refractivity contribution in [1.29, 1.82) is 0 Å². The summed E-state index contributed by atoms with van der Waals surface area (Å²) >= 11 is 0. The van der Waals surface area contributed by atoms with E-state index in [9.17, 15) is 19.2 Å². The number of hydrogen-bond acceptors (Lipinski definition) is 14. The lowest BCUT2D eigenvalue weighted by atomic mass is 9.80. The summed E-state index contributed by atoms with van der Waals surface area (Å²) in [5, 5.41) is 2.17. The molecule has 1 unspecified atom stereocenters. The minimum absolute atomic E-state index is 0.130. The summed E-state index contributed by atoms with van der Waals surface area (Å²) in [4.78, 5) is 60.6. The average Bonchev–Trinajstić information content (AvgIpc) is 1.72. The molecule has 1 N–H and O–H groups in total. The minimum Gasteiger partial charge on any atom is -0.497 e. The van der Waals surface area contributed by atoms with Gasteiger partial charge in [0.25, 0.3) is 5.91 Å². The number of esters is 1. The number of terminal acetylenes is 3. The van der Waals surface area contributed by atoms with E-state index < -0.39 is 61.1 Å². The first kappa shape index (κ1) is 98.8. The maximum Gasteiger partial charge on any atom is 0.351 e. The van der Waals surface area contributed by atoms with Crippen molar-refractivity contribution in [2.45, 2.75) is 88.8 Å². The van der Waals surface area contributed by atoms with Crippen LogP contribution in [-0.2, 0) is 33.8 Å². The van der Waals surface area contributed by atoms with Gasteiger partial charge in [0.05, 0.1) is 27.2 Å². The third kappa shape index (κ3) is 36.8. The molecule has 6 rings (SSSR count). The van der Waals surface area contributed by atoms with E-state index in [0.717, 1.165) is 4.57 Å². The van der Waals surface area contributed by atoms with Gasteiger partial charge in [0.1, 0.15) is 59.2 Å². The standard InChI is InChI=1S/C114H55N3O13Si/c1-12-15-18-21-24-27-30-33-36-39-42-45-48-51-54-57-60-63-66-72-89-124-102-92-96(93-103(125-90-73-67-64-61-58-55-52-49-46-43-40-37-34-31-28-25-22-19-16-13-2)107(102)126-91-74-68-65-62-59-56-53-50-47-44-41-38-35-32-29-26-23-20-17-14-3)110(120)115-105-87-88-117(112(121)116-105)111-109(130-131(10,11)113(5,6)7)108(129-106(119)86-77-95(4)118)104(128-111)94-127-114(97-75-70-69-71-76-97,98-78-82-100(122-8)83-79-98)99-80-84-101(123-9)85-81-99/h1-3,69-71,75-76,78-85,87-88,92-93,104,108-109,111H,77,86,94H2,4-11H3,(H,115,116,120,121)/t104-,108+,109?,111-/m1/s1. The van der Waals surface area contributed by atoms with Crippen LogP contribution >= 0.6 is 0 Å². The highest BCUT2D eigenvalue weighted by Crippen LogP contribution is 2.46. The maximum atomic E-state index is 15.0. The molecule has 5 aromatic rings. The lowest BCUT2D eigenvalue weighted by Gasteiger charge is -2.40. The Labute approximate surface area is 765 Å². The van der Waals surface area contributed by atoms with Crippen LogP contribution in [0.5, 0.6) is 28.7 Å². The van der Waals surface area contributed by atoms with Crippen LogP contribution in [0.4, 0.5) is 5.82 Å². The Hall–Kier alpha value is -21.1. The van der Waals surface area contributed by atoms with Crippen LogP contribution in [0.1, 0.15) is 73.8 Å². The number of hydrogen-bond donors (Lipinski definition) is 1. The Bertz CT molecular complexity index is 7500. The summed E-state index contributed by atoms with van der Waals surface area (Å²) in [6, 6.07) is 27.9. The molecule has 4 atom stereocenters. The van der Waals surface area contributed by atoms with Crippen molar-refractivity contribution < 1.29 is 56.7 Å². The van der Waals surface area contributed by atoms with E-state index in [2.05, 4.69) is 384 Å². The molecule has 1 fully saturated rings. The van der Waals surface area contributed by atoms with Crippen molar-refractivity contribution in [2.75, 3.05) is 26.1 Å². The number of rotatable bonds is 20. The zero-order chi connectivity index (χ0) is 93.9. The van der Waals surface area contributed by atoms with Crippen molar-refractivity contribution in [1.82, 2.24) is 9.55 Å². The molecule has 17 heteroatoms. The number of methoxy groups -OCH3 is 2. The van der Waals surface area contributed by atoms with Gasteiger partial charge in [-0.15, -0.1) is 19.3 Å². The van der Waals surface area contributed by atoms with Gasteiger partial charge in [-0.05, 0) is 226 Å². The normalized spacial score (nSPS) is 10.8. The van der Waals surface area contributed by atoms with Crippen molar-refractivity contribution in [2.24, 2.45) is 0 Å². The number of amides is 1. The van der Waals surface area contributed by atoms with Crippen molar-refractivity contribution in [3.63, 3.8) is 0 Å². The third-order valence-corrected chi connectivity index (χ3v) is 20.4. The Kier molecular flexibility index (Phi) is 43.7. The van der Waals surface area contributed by atoms with Crippen LogP contribution in [-0.4, -0.2) is 74.7 Å². The van der Waals surface area contributed by atoms with Gasteiger partial charge in [-0.2, -0.15) is 4.98 Å². The Balaban J connectivity index is 1.44. The first-order valence-corrected chi connectivity index (χ1v) is 40.3. The summed E-state index contributed by atoms with van der Waals surface area (Å²) < 4.78 is 57.9. The van der Waals surface area contributed by atoms with Crippen LogP contribution in [0.15, 0.2) is 108 Å². The van der Waals surface area contributed by atoms with Crippen LogP contribution in [0.3, 0.4) is 0 Å². The predicted molar refractivity (Wildman–Crippen MR) is 499 cm³/mol. The predicted octanol–water partition coefficient (Wildman–Crippen LogP) is 8.10. The second-order valence-corrected chi connectivity index (χ2v) is 30.1. The highest BCUT2D eigenvalue weighted by atomic mass is 28.4. The second kappa shape index (κ2) is 58.0. The smallest absolute Gasteiger partial charge is 0.351 e. The molecule has 1 saturated heterocycles. The molecule has 608 valence electrons. The zero-order valence-corrected chi connectivity index (χ0v) is 71.7. The van der Waals surface area contributed by atoms with E-state index in [1.54, 1.807) is 38.5 Å². The summed E-state index contributed by atoms with van der Waals surface area (Å²) in [5.74, 6) is 146. The fourth-order valence-corrected chi connectivity index (χ4v) is 10.7. The van der Waals surface area contributed by atoms with Gasteiger partial charge in [-0.3, -0.25) is 14.2 Å². The lowest BCUT2D eigenvalue weighted by Crippen LogP contribution is -2.51. The number of benzene rings is 4. The highest BCUT2D eigenvalue weighted by molar-refractivity contribution is 6.74. The Morgan fingerprint density at radius 3 is 1.08 bits per heavy atom. The number of anilines is 1. The first-order chi connectivity index (χ1) is 63.9. The van der Waals surface area contributed by atoms with Crippen LogP contribution in [0, 0.1) is 393 Å². The number of nitrogens with one attached hydrogen (secondary N) is 1. The molecule has 131 heavy (non-hydrogen) atoms. The zero-order valence-electron chi connectivity index (χ0n) is 70.7. The molecule has 1 aromatic heterocycles. The lowest BCUT2D eigenvalue weighted by molar-refractivity contribution is -0.159. The van der Waals surface area contributed by atoms with Crippen LogP contribution in [0.2, 0.25) is 18.1 Å². The SMILES string of the molecule is C#CC#CC#CC#CC#CC#CC#CC#CC#CC#CC#COc1cc(C(=O)Nc2ccn([C@@H]3O[C@H](COC(c4ccccc4)(c4ccc(OC)cc4)c4ccc(OC)cc4)[C@H](OC(=O)CCC(C)=O)C3O[Si](C)(C)C(C)(C)C)c(=O)n2)cc(OC#CC#CC#CC#CC#CC#CC#CC#CC#CC#CC#C)c1OC#CC#CC#CC#CC#CC#CC#CC#CC#CC#CC#C. The molecule has 0 radical (unpaired) electrons. The van der Waals surface area contributed by atoms with E-state index in [-0.39, 0.29) is 53.9 Å². The number of aromatic nitrogens is 2. The van der Waals surface area contributed by atoms with Crippen molar-refractivity contribution >= 4 is 31.8 Å². The van der Waals surface area contributed by atoms with E-state index in [0.29, 0.717) is 28.2 Å². The van der Waals surface area contributed by atoms with Gasteiger partial charge in [0, 0.05) is 231 Å². The quantitative estimate of drug-likeness (QED) is 0.0342. The molecule has 0 aliphatic carbocycles. The number of nitrogens with zero attached hydrogens (tertiary/aromatic N) is 2. The van der Waals surface area contributed by atoms with Gasteiger partial charge in [0.15, 0.2) is 32.1 Å². The molecule has 1 aliphatic heterocycles. The number of carbonyl (C=O) groups excluding carboxylic acids is 3. The summed E-state index contributed by atoms with van der Waals surface area (Å²) in [5.41, 5.74) is -0.584. The van der Waals surface area contributed by atoms with Crippen LogP contribution < -0.4 is 34.7 Å². The molecule has 0 bridgehead atoms. The summed E-state index contributed by atoms with van der Waals surface area (Å²) in [6.07, 6.45) is 18.1. The molecule has 1 aliphatic rings. The average molecular weight is 1700 g/mol. The second-order valence-electron chi connectivity index (χ2n) is 25.3. The molecule has 0 saturated carbocycles. The molecule has 4 aromatic carbocycles. The van der Waals surface area contributed by atoms with Gasteiger partial charge < -0.3 is 52.4 Å². The van der Waals surface area contributed by atoms with E-state index in [1.807, 2.05) is 88.5 Å². The topological polar surface area (TPSA) is 181 Å². The molecule has 2 heterocycles. The van der Waals surface area contributed by atoms with Gasteiger partial charge in [-0.25, -0.2) is 4.79 Å². The molecular formula is C114H55N3O13Si. The highest BCUT2D eigenvalue weighted by Gasteiger charge is 2.54. The fraction of sp³-hybridized carbons (Fsp3) is 0.149. The van der Waals surface area contributed by atoms with Crippen molar-refractivity contribution in [3.8, 4) is 422 Å². The van der Waals surface area contributed by atoms with Crippen molar-refractivity contribution in [3.05, 3.63) is 136 Å². The maximum absolute atomic E-state index is 15.0. The monoisotopic (exact) mass is 1700 g/mol. The van der Waals surface area contributed by atoms with Gasteiger partial charge in [-0.1, -0.05) is 75.4 Å². The minimum atomic E-state index is -2.97. The number of Topliss-reactive ketones (excluding diaryl/α,β-unsaturated/α-hetero) is 1. The first-order valence-electron chi connectivity index (χ1n) is 37.4. The van der Waals surface area contributed by atoms with Gasteiger partial charge in [0.2, 0.25) is 5.75 Å². The molecule has 1 amide bonds. The third-order valence-electron chi connectivity index (χ3n) is 16.0. The van der Waals surface area contributed by atoms with Gasteiger partial charge >= 0.3 is 11.7 Å². The number of ketones is 1.